The molecule has 0 spiro atoms. The lowest BCUT2D eigenvalue weighted by molar-refractivity contribution is -0.131. The highest BCUT2D eigenvalue weighted by Gasteiger charge is 2.24. The second-order valence-electron chi connectivity index (χ2n) is 9.16. The number of amides is 3. The first kappa shape index (κ1) is 21.6. The molecule has 0 bridgehead atoms. The normalized spacial score (nSPS) is 21.3. The summed E-state index contributed by atoms with van der Waals surface area (Å²) in [6.07, 6.45) is 10.4. The number of nitrogens with one attached hydrogen (secondary N) is 2. The molecule has 4 rings (SSSR count). The van der Waals surface area contributed by atoms with Crippen LogP contribution in [0.25, 0.3) is 0 Å². The van der Waals surface area contributed by atoms with Crippen LogP contribution in [0.2, 0.25) is 0 Å². The summed E-state index contributed by atoms with van der Waals surface area (Å²) >= 11 is 1.78. The highest BCUT2D eigenvalue weighted by atomic mass is 32.1. The first-order valence-corrected chi connectivity index (χ1v) is 12.6. The lowest BCUT2D eigenvalue weighted by Crippen LogP contribution is -2.49. The number of hydrogen-bond acceptors (Lipinski definition) is 4. The second kappa shape index (κ2) is 10.6. The van der Waals surface area contributed by atoms with Gasteiger partial charge >= 0.3 is 6.03 Å². The molecule has 3 amide bonds. The van der Waals surface area contributed by atoms with Gasteiger partial charge in [-0.1, -0.05) is 19.3 Å². The average Bonchev–Trinajstić information content (AvgIpc) is 3.24. The Bertz CT molecular complexity index is 708. The zero-order valence-corrected chi connectivity index (χ0v) is 18.9. The fourth-order valence-electron chi connectivity index (χ4n) is 5.13. The van der Waals surface area contributed by atoms with Crippen LogP contribution in [0.3, 0.4) is 0 Å². The van der Waals surface area contributed by atoms with Gasteiger partial charge < -0.3 is 20.4 Å². The minimum absolute atomic E-state index is 0.128. The molecular formula is C23H36N4O2S. The van der Waals surface area contributed by atoms with E-state index in [4.69, 9.17) is 0 Å². The average molecular weight is 433 g/mol. The summed E-state index contributed by atoms with van der Waals surface area (Å²) in [5.74, 6) is 1.01. The van der Waals surface area contributed by atoms with E-state index in [0.717, 1.165) is 44.8 Å². The van der Waals surface area contributed by atoms with Crippen molar-refractivity contribution in [1.82, 2.24) is 20.4 Å². The maximum atomic E-state index is 12.5. The molecule has 2 N–H and O–H groups in total. The summed E-state index contributed by atoms with van der Waals surface area (Å²) in [6, 6.07) is 2.24. The van der Waals surface area contributed by atoms with Crippen LogP contribution in [-0.2, 0) is 17.8 Å². The van der Waals surface area contributed by atoms with Gasteiger partial charge in [-0.3, -0.25) is 4.79 Å². The van der Waals surface area contributed by atoms with E-state index in [1.807, 2.05) is 4.90 Å². The highest BCUT2D eigenvalue weighted by Crippen LogP contribution is 2.26. The van der Waals surface area contributed by atoms with Crippen molar-refractivity contribution in [2.45, 2.75) is 70.4 Å². The third-order valence-electron chi connectivity index (χ3n) is 6.95. The molecule has 7 heteroatoms. The number of carbonyl (C=O) groups is 2. The number of hydrogen-bond donors (Lipinski definition) is 2. The van der Waals surface area contributed by atoms with E-state index >= 15 is 0 Å². The number of carbonyl (C=O) groups excluding carboxylic acids is 2. The molecule has 0 aromatic carbocycles. The molecular weight excluding hydrogens is 396 g/mol. The lowest BCUT2D eigenvalue weighted by Gasteiger charge is -2.35. The Balaban J connectivity index is 1.09. The van der Waals surface area contributed by atoms with Gasteiger partial charge in [-0.25, -0.2) is 4.79 Å². The predicted molar refractivity (Wildman–Crippen MR) is 121 cm³/mol. The van der Waals surface area contributed by atoms with E-state index < -0.39 is 0 Å². The molecule has 0 radical (unpaired) electrons. The fraction of sp³-hybridized carbons (Fsp3) is 0.739. The highest BCUT2D eigenvalue weighted by molar-refractivity contribution is 7.10. The maximum Gasteiger partial charge on any atom is 0.315 e. The SMILES string of the molecule is O=C(NCCC(=O)N1CCc2sccc2C1)NC1CCN(CC2CCCCC2)CC1. The predicted octanol–water partition coefficient (Wildman–Crippen LogP) is 3.37. The van der Waals surface area contributed by atoms with Crippen LogP contribution in [-0.4, -0.2) is 60.5 Å². The quantitative estimate of drug-likeness (QED) is 0.724. The largest absolute Gasteiger partial charge is 0.338 e. The third kappa shape index (κ3) is 5.97. The monoisotopic (exact) mass is 432 g/mol. The summed E-state index contributed by atoms with van der Waals surface area (Å²) in [6.45, 7) is 5.31. The molecule has 1 aromatic rings. The zero-order valence-electron chi connectivity index (χ0n) is 18.0. The van der Waals surface area contributed by atoms with Crippen LogP contribution >= 0.6 is 11.3 Å². The minimum Gasteiger partial charge on any atom is -0.338 e. The van der Waals surface area contributed by atoms with Crippen molar-refractivity contribution in [1.29, 1.82) is 0 Å². The van der Waals surface area contributed by atoms with Crippen molar-refractivity contribution in [3.8, 4) is 0 Å². The van der Waals surface area contributed by atoms with E-state index in [1.165, 1.54) is 49.1 Å². The van der Waals surface area contributed by atoms with E-state index in [-0.39, 0.29) is 18.0 Å². The second-order valence-corrected chi connectivity index (χ2v) is 10.2. The molecule has 1 aromatic heterocycles. The van der Waals surface area contributed by atoms with Gasteiger partial charge in [0, 0.05) is 56.6 Å². The number of thiophene rings is 1. The van der Waals surface area contributed by atoms with Gasteiger partial charge in [-0.05, 0) is 55.0 Å². The van der Waals surface area contributed by atoms with Crippen LogP contribution in [0.1, 0.15) is 61.8 Å². The number of nitrogens with zero attached hydrogens (tertiary/aromatic N) is 2. The standard InChI is InChI=1S/C23H36N4O2S/c28-22(27-14-9-21-19(17-27)10-15-30-21)6-11-24-23(29)25-20-7-12-26(13-8-20)16-18-4-2-1-3-5-18/h10,15,18,20H,1-9,11-14,16-17H2,(H2,24,25,29). The molecule has 3 aliphatic rings. The molecule has 0 atom stereocenters. The molecule has 1 saturated heterocycles. The van der Waals surface area contributed by atoms with E-state index in [2.05, 4.69) is 27.0 Å². The van der Waals surface area contributed by atoms with Crippen LogP contribution in [0.5, 0.6) is 0 Å². The summed E-state index contributed by atoms with van der Waals surface area (Å²) < 4.78 is 0. The number of fused-ring (bicyclic) bond motifs is 1. The minimum atomic E-state index is -0.132. The van der Waals surface area contributed by atoms with Crippen LogP contribution in [0, 0.1) is 5.92 Å². The van der Waals surface area contributed by atoms with Gasteiger partial charge in [-0.15, -0.1) is 11.3 Å². The molecule has 1 aliphatic carbocycles. The van der Waals surface area contributed by atoms with Gasteiger partial charge in [0.25, 0.3) is 0 Å². The first-order valence-electron chi connectivity index (χ1n) is 11.8. The number of likely N-dealkylation sites (tertiary alicyclic amines) is 1. The van der Waals surface area contributed by atoms with Crippen LogP contribution in [0.4, 0.5) is 4.79 Å². The van der Waals surface area contributed by atoms with Gasteiger partial charge in [-0.2, -0.15) is 0 Å². The molecule has 166 valence electrons. The topological polar surface area (TPSA) is 64.7 Å². The maximum absolute atomic E-state index is 12.5. The molecule has 6 nitrogen and oxygen atoms in total. The van der Waals surface area contributed by atoms with Gasteiger partial charge in [0.05, 0.1) is 0 Å². The number of piperidine rings is 1. The summed E-state index contributed by atoms with van der Waals surface area (Å²) in [7, 11) is 0. The van der Waals surface area contributed by atoms with E-state index in [9.17, 15) is 9.59 Å². The summed E-state index contributed by atoms with van der Waals surface area (Å²) in [5.41, 5.74) is 1.28. The van der Waals surface area contributed by atoms with Gasteiger partial charge in [0.15, 0.2) is 0 Å². The van der Waals surface area contributed by atoms with Crippen molar-refractivity contribution in [3.63, 3.8) is 0 Å². The molecule has 30 heavy (non-hydrogen) atoms. The molecule has 2 aliphatic heterocycles. The van der Waals surface area contributed by atoms with Crippen LogP contribution in [0.15, 0.2) is 11.4 Å². The summed E-state index contributed by atoms with van der Waals surface area (Å²) in [5, 5.41) is 8.09. The summed E-state index contributed by atoms with van der Waals surface area (Å²) in [4.78, 5) is 30.6. The Hall–Kier alpha value is -1.60. The van der Waals surface area contributed by atoms with Crippen molar-refractivity contribution in [2.24, 2.45) is 5.92 Å². The Morgan fingerprint density at radius 3 is 2.67 bits per heavy atom. The molecule has 1 saturated carbocycles. The van der Waals surface area contributed by atoms with Crippen molar-refractivity contribution >= 4 is 23.3 Å². The van der Waals surface area contributed by atoms with Gasteiger partial charge in [0.1, 0.15) is 0 Å². The molecule has 3 heterocycles. The van der Waals surface area contributed by atoms with Crippen molar-refractivity contribution in [3.05, 3.63) is 21.9 Å². The number of rotatable bonds is 6. The first-order chi connectivity index (χ1) is 14.7. The van der Waals surface area contributed by atoms with Crippen LogP contribution < -0.4 is 10.6 Å². The Morgan fingerprint density at radius 1 is 1.07 bits per heavy atom. The lowest BCUT2D eigenvalue weighted by atomic mass is 9.88. The number of urea groups is 1. The zero-order chi connectivity index (χ0) is 20.8. The van der Waals surface area contributed by atoms with Gasteiger partial charge in [0.2, 0.25) is 5.91 Å². The smallest absolute Gasteiger partial charge is 0.315 e. The Morgan fingerprint density at radius 2 is 1.87 bits per heavy atom. The molecule has 0 unspecified atom stereocenters. The third-order valence-corrected chi connectivity index (χ3v) is 7.97. The molecule has 2 fully saturated rings. The Labute approximate surface area is 184 Å². The van der Waals surface area contributed by atoms with Crippen molar-refractivity contribution in [2.75, 3.05) is 32.7 Å². The van der Waals surface area contributed by atoms with Crippen molar-refractivity contribution < 1.29 is 9.59 Å². The fourth-order valence-corrected chi connectivity index (χ4v) is 6.02. The van der Waals surface area contributed by atoms with E-state index in [1.54, 1.807) is 11.3 Å². The van der Waals surface area contributed by atoms with E-state index in [0.29, 0.717) is 19.5 Å². The Kier molecular flexibility index (Phi) is 7.66.